The lowest BCUT2D eigenvalue weighted by molar-refractivity contribution is -0.120. The summed E-state index contributed by atoms with van der Waals surface area (Å²) in [6.45, 7) is 1.82. The average Bonchev–Trinajstić information content (AvgIpc) is 3.28. The van der Waals surface area contributed by atoms with Gasteiger partial charge in [-0.15, -0.1) is 11.3 Å². The zero-order chi connectivity index (χ0) is 14.2. The number of amides is 1. The van der Waals surface area contributed by atoms with Crippen molar-refractivity contribution >= 4 is 33.1 Å². The number of nitrogens with zero attached hydrogens (tertiary/aromatic N) is 1. The number of nitrogens with one attached hydrogen (secondary N) is 2. The van der Waals surface area contributed by atoms with Gasteiger partial charge in [0.05, 0.1) is 28.4 Å². The number of thiazole rings is 1. The first-order valence-corrected chi connectivity index (χ1v) is 8.14. The van der Waals surface area contributed by atoms with Gasteiger partial charge in [-0.3, -0.25) is 4.79 Å². The molecule has 1 aliphatic heterocycles. The molecule has 4 rings (SSSR count). The first-order chi connectivity index (χ1) is 10.3. The summed E-state index contributed by atoms with van der Waals surface area (Å²) in [4.78, 5) is 16.8. The number of hydrogen-bond donors (Lipinski definition) is 2. The molecule has 2 N–H and O–H groups in total. The molecular weight excluding hydrogens is 286 g/mol. The molecule has 2 fully saturated rings. The molecule has 2 aromatic rings. The molecule has 2 aliphatic rings. The van der Waals surface area contributed by atoms with E-state index in [9.17, 15) is 4.79 Å². The van der Waals surface area contributed by atoms with E-state index in [1.165, 1.54) is 17.8 Å². The predicted octanol–water partition coefficient (Wildman–Crippen LogP) is 2.10. The summed E-state index contributed by atoms with van der Waals surface area (Å²) < 4.78 is 6.46. The third-order valence-electron chi connectivity index (χ3n) is 3.84. The first kappa shape index (κ1) is 13.2. The number of hydrogen-bond acceptors (Lipinski definition) is 5. The first-order valence-electron chi connectivity index (χ1n) is 7.32. The molecule has 1 aromatic heterocycles. The van der Waals surface area contributed by atoms with E-state index in [2.05, 4.69) is 15.6 Å². The Hall–Kier alpha value is -1.50. The second kappa shape index (κ2) is 5.36. The molecule has 5 nitrogen and oxygen atoms in total. The fourth-order valence-corrected chi connectivity index (χ4v) is 3.66. The van der Waals surface area contributed by atoms with Gasteiger partial charge in [-0.05, 0) is 31.0 Å². The van der Waals surface area contributed by atoms with Crippen molar-refractivity contribution < 1.29 is 9.53 Å². The number of morpholine rings is 1. The summed E-state index contributed by atoms with van der Waals surface area (Å²) in [5.74, 6) is 0.630. The number of anilines is 1. The highest BCUT2D eigenvalue weighted by atomic mass is 32.1. The zero-order valence-electron chi connectivity index (χ0n) is 11.6. The van der Waals surface area contributed by atoms with Crippen LogP contribution in [0.5, 0.6) is 0 Å². The van der Waals surface area contributed by atoms with Crippen LogP contribution in [0.25, 0.3) is 10.2 Å². The fraction of sp³-hybridized carbons (Fsp3) is 0.467. The molecule has 21 heavy (non-hydrogen) atoms. The third-order valence-corrected chi connectivity index (χ3v) is 5.02. The molecule has 110 valence electrons. The molecule has 0 bridgehead atoms. The van der Waals surface area contributed by atoms with Crippen LogP contribution in [0, 0.1) is 0 Å². The van der Waals surface area contributed by atoms with Crippen LogP contribution < -0.4 is 10.6 Å². The van der Waals surface area contributed by atoms with Crippen LogP contribution >= 0.6 is 11.3 Å². The van der Waals surface area contributed by atoms with Crippen molar-refractivity contribution in [2.24, 2.45) is 0 Å². The van der Waals surface area contributed by atoms with Gasteiger partial charge in [0, 0.05) is 18.2 Å². The summed E-state index contributed by atoms with van der Waals surface area (Å²) in [6.07, 6.45) is 2.52. The number of fused-ring (bicyclic) bond motifs is 1. The summed E-state index contributed by atoms with van der Waals surface area (Å²) >= 11 is 1.74. The highest BCUT2D eigenvalue weighted by molar-refractivity contribution is 7.18. The van der Waals surface area contributed by atoms with Crippen LogP contribution in [0.3, 0.4) is 0 Å². The predicted molar refractivity (Wildman–Crippen MR) is 82.8 cm³/mol. The lowest BCUT2D eigenvalue weighted by Gasteiger charge is -2.22. The van der Waals surface area contributed by atoms with E-state index in [-0.39, 0.29) is 11.9 Å². The number of ether oxygens (including phenoxy) is 1. The molecule has 1 saturated carbocycles. The van der Waals surface area contributed by atoms with E-state index < -0.39 is 0 Å². The normalized spacial score (nSPS) is 22.4. The van der Waals surface area contributed by atoms with Crippen molar-refractivity contribution in [2.75, 3.05) is 25.1 Å². The smallest absolute Gasteiger partial charge is 0.243 e. The molecule has 1 amide bonds. The Balaban J connectivity index is 1.51. The van der Waals surface area contributed by atoms with E-state index in [0.717, 1.165) is 22.4 Å². The SMILES string of the molecule is O=C(Nc1ccc2nc(C3CC3)sc2c1)C1COCCN1. The second-order valence-electron chi connectivity index (χ2n) is 5.58. The van der Waals surface area contributed by atoms with Gasteiger partial charge >= 0.3 is 0 Å². The molecule has 0 spiro atoms. The lowest BCUT2D eigenvalue weighted by Crippen LogP contribution is -2.48. The van der Waals surface area contributed by atoms with Gasteiger partial charge in [-0.2, -0.15) is 0 Å². The van der Waals surface area contributed by atoms with Gasteiger partial charge in [0.2, 0.25) is 5.91 Å². The molecule has 1 atom stereocenters. The van der Waals surface area contributed by atoms with Gasteiger partial charge in [0.25, 0.3) is 0 Å². The molecule has 2 heterocycles. The maximum Gasteiger partial charge on any atom is 0.243 e. The highest BCUT2D eigenvalue weighted by Crippen LogP contribution is 2.43. The molecule has 1 saturated heterocycles. The van der Waals surface area contributed by atoms with Crippen molar-refractivity contribution in [1.29, 1.82) is 0 Å². The summed E-state index contributed by atoms with van der Waals surface area (Å²) in [5, 5.41) is 7.34. The van der Waals surface area contributed by atoms with Gasteiger partial charge in [-0.25, -0.2) is 4.98 Å². The Morgan fingerprint density at radius 2 is 2.33 bits per heavy atom. The summed E-state index contributed by atoms with van der Waals surface area (Å²) in [7, 11) is 0. The Labute approximate surface area is 126 Å². The second-order valence-corrected chi connectivity index (χ2v) is 6.64. The van der Waals surface area contributed by atoms with Crippen molar-refractivity contribution in [3.63, 3.8) is 0 Å². The van der Waals surface area contributed by atoms with E-state index in [0.29, 0.717) is 19.1 Å². The van der Waals surface area contributed by atoms with E-state index in [1.54, 1.807) is 11.3 Å². The van der Waals surface area contributed by atoms with Gasteiger partial charge in [-0.1, -0.05) is 0 Å². The van der Waals surface area contributed by atoms with Crippen LogP contribution in [0.4, 0.5) is 5.69 Å². The van der Waals surface area contributed by atoms with Crippen molar-refractivity contribution in [3.8, 4) is 0 Å². The topological polar surface area (TPSA) is 63.2 Å². The van der Waals surface area contributed by atoms with Crippen LogP contribution in [0.1, 0.15) is 23.8 Å². The fourth-order valence-electron chi connectivity index (χ4n) is 2.49. The maximum absolute atomic E-state index is 12.2. The van der Waals surface area contributed by atoms with Crippen LogP contribution in [0.2, 0.25) is 0 Å². The Bertz CT molecular complexity index is 675. The Kier molecular flexibility index (Phi) is 3.37. The van der Waals surface area contributed by atoms with Gasteiger partial charge in [0.1, 0.15) is 6.04 Å². The maximum atomic E-state index is 12.2. The molecule has 6 heteroatoms. The monoisotopic (exact) mass is 303 g/mol. The van der Waals surface area contributed by atoms with Gasteiger partial charge in [0.15, 0.2) is 0 Å². The molecular formula is C15H17N3O2S. The largest absolute Gasteiger partial charge is 0.378 e. The summed E-state index contributed by atoms with van der Waals surface area (Å²) in [5.41, 5.74) is 1.85. The number of benzene rings is 1. The van der Waals surface area contributed by atoms with Crippen LogP contribution in [-0.4, -0.2) is 36.7 Å². The number of rotatable bonds is 3. The van der Waals surface area contributed by atoms with Gasteiger partial charge < -0.3 is 15.4 Å². The summed E-state index contributed by atoms with van der Waals surface area (Å²) in [6, 6.07) is 5.65. The number of aromatic nitrogens is 1. The minimum Gasteiger partial charge on any atom is -0.378 e. The minimum absolute atomic E-state index is 0.0408. The molecule has 1 aromatic carbocycles. The lowest BCUT2D eigenvalue weighted by atomic mass is 10.2. The van der Waals surface area contributed by atoms with Crippen molar-refractivity contribution in [2.45, 2.75) is 24.8 Å². The van der Waals surface area contributed by atoms with Crippen molar-refractivity contribution in [3.05, 3.63) is 23.2 Å². The van der Waals surface area contributed by atoms with Crippen LogP contribution in [-0.2, 0) is 9.53 Å². The molecule has 1 aliphatic carbocycles. The molecule has 0 radical (unpaired) electrons. The standard InChI is InChI=1S/C15H17N3O2S/c19-14(12-8-20-6-5-16-12)17-10-3-4-11-13(7-10)21-15(18-11)9-1-2-9/h3-4,7,9,12,16H,1-2,5-6,8H2,(H,17,19). The minimum atomic E-state index is -0.266. The van der Waals surface area contributed by atoms with Crippen molar-refractivity contribution in [1.82, 2.24) is 10.3 Å². The number of carbonyl (C=O) groups excluding carboxylic acids is 1. The van der Waals surface area contributed by atoms with E-state index in [4.69, 9.17) is 4.74 Å². The quantitative estimate of drug-likeness (QED) is 0.911. The Morgan fingerprint density at radius 1 is 1.43 bits per heavy atom. The molecule has 1 unspecified atom stereocenters. The van der Waals surface area contributed by atoms with Crippen LogP contribution in [0.15, 0.2) is 18.2 Å². The third kappa shape index (κ3) is 2.79. The average molecular weight is 303 g/mol. The number of carbonyl (C=O) groups is 1. The highest BCUT2D eigenvalue weighted by Gasteiger charge is 2.27. The van der Waals surface area contributed by atoms with E-state index in [1.807, 2.05) is 18.2 Å². The Morgan fingerprint density at radius 3 is 3.10 bits per heavy atom. The zero-order valence-corrected chi connectivity index (χ0v) is 12.4. The van der Waals surface area contributed by atoms with E-state index >= 15 is 0 Å².